The lowest BCUT2D eigenvalue weighted by Crippen LogP contribution is -2.20. The molecule has 126 valence electrons. The number of nitrogens with zero attached hydrogens (tertiary/aromatic N) is 4. The Balaban J connectivity index is 1.62. The van der Waals surface area contributed by atoms with Crippen molar-refractivity contribution in [1.82, 2.24) is 14.8 Å². The first-order valence-electron chi connectivity index (χ1n) is 7.83. The number of ether oxygens (including phenoxy) is 1. The summed E-state index contributed by atoms with van der Waals surface area (Å²) in [5.74, 6) is 0.239. The van der Waals surface area contributed by atoms with E-state index in [9.17, 15) is 4.79 Å². The number of carbonyl (C=O) groups excluding carboxylic acids is 1. The number of nitriles is 1. The quantitative estimate of drug-likeness (QED) is 0.774. The van der Waals surface area contributed by atoms with Crippen LogP contribution in [0.15, 0.2) is 42.7 Å². The molecule has 1 amide bonds. The number of amides is 1. The highest BCUT2D eigenvalue weighted by molar-refractivity contribution is 5.93. The summed E-state index contributed by atoms with van der Waals surface area (Å²) in [6.07, 6.45) is 3.33. The lowest BCUT2D eigenvalue weighted by atomic mass is 10.2. The predicted octanol–water partition coefficient (Wildman–Crippen LogP) is 2.90. The molecular weight excluding hydrogens is 318 g/mol. The van der Waals surface area contributed by atoms with E-state index in [1.54, 1.807) is 36.7 Å². The first-order chi connectivity index (χ1) is 12.1. The molecule has 0 saturated carbocycles. The summed E-state index contributed by atoms with van der Waals surface area (Å²) < 4.78 is 7.23. The Morgan fingerprint density at radius 2 is 2.08 bits per heavy atom. The molecule has 3 aromatic rings. The molecule has 0 fully saturated rings. The van der Waals surface area contributed by atoms with Gasteiger partial charge >= 0.3 is 0 Å². The van der Waals surface area contributed by atoms with Crippen LogP contribution in [0.25, 0.3) is 11.0 Å². The van der Waals surface area contributed by atoms with Crippen LogP contribution in [0.4, 0.5) is 5.69 Å². The average molecular weight is 335 g/mol. The van der Waals surface area contributed by atoms with Gasteiger partial charge in [-0.25, -0.2) is 9.67 Å². The summed E-state index contributed by atoms with van der Waals surface area (Å²) >= 11 is 0. The molecule has 2 aromatic heterocycles. The SMILES string of the molecule is CC(C)n1ncc2cc(NC(=O)COc3ccc(C#N)cc3)cnc21. The molecule has 7 heteroatoms. The average Bonchev–Trinajstić information content (AvgIpc) is 3.04. The van der Waals surface area contributed by atoms with Gasteiger partial charge in [0.15, 0.2) is 12.3 Å². The largest absolute Gasteiger partial charge is 0.484 e. The highest BCUT2D eigenvalue weighted by Crippen LogP contribution is 2.19. The van der Waals surface area contributed by atoms with Gasteiger partial charge < -0.3 is 10.1 Å². The van der Waals surface area contributed by atoms with Crippen molar-refractivity contribution in [1.29, 1.82) is 5.26 Å². The van der Waals surface area contributed by atoms with E-state index in [1.165, 1.54) is 0 Å². The Hall–Kier alpha value is -3.40. The third-order valence-electron chi connectivity index (χ3n) is 3.56. The number of aromatic nitrogens is 3. The van der Waals surface area contributed by atoms with E-state index in [4.69, 9.17) is 10.00 Å². The summed E-state index contributed by atoms with van der Waals surface area (Å²) in [5, 5.41) is 16.7. The number of nitrogens with one attached hydrogen (secondary N) is 1. The van der Waals surface area contributed by atoms with Crippen LogP contribution in [0, 0.1) is 11.3 Å². The van der Waals surface area contributed by atoms with Crippen molar-refractivity contribution in [3.63, 3.8) is 0 Å². The second-order valence-corrected chi connectivity index (χ2v) is 5.79. The van der Waals surface area contributed by atoms with E-state index in [2.05, 4.69) is 15.4 Å². The molecular formula is C18H17N5O2. The maximum absolute atomic E-state index is 12.0. The minimum Gasteiger partial charge on any atom is -0.484 e. The highest BCUT2D eigenvalue weighted by Gasteiger charge is 2.09. The maximum Gasteiger partial charge on any atom is 0.262 e. The molecule has 0 saturated heterocycles. The van der Waals surface area contributed by atoms with Gasteiger partial charge in [0, 0.05) is 11.4 Å². The molecule has 1 N–H and O–H groups in total. The number of pyridine rings is 1. The third kappa shape index (κ3) is 3.75. The topological polar surface area (TPSA) is 92.8 Å². The van der Waals surface area contributed by atoms with Crippen molar-refractivity contribution < 1.29 is 9.53 Å². The fourth-order valence-electron chi connectivity index (χ4n) is 2.36. The van der Waals surface area contributed by atoms with Gasteiger partial charge in [0.25, 0.3) is 5.91 Å². The molecule has 0 aliphatic carbocycles. The van der Waals surface area contributed by atoms with E-state index in [1.807, 2.05) is 30.7 Å². The van der Waals surface area contributed by atoms with Crippen LogP contribution >= 0.6 is 0 Å². The number of carbonyl (C=O) groups is 1. The van der Waals surface area contributed by atoms with Gasteiger partial charge in [-0.2, -0.15) is 10.4 Å². The predicted molar refractivity (Wildman–Crippen MR) is 93.2 cm³/mol. The normalized spacial score (nSPS) is 10.6. The van der Waals surface area contributed by atoms with E-state index in [0.29, 0.717) is 17.0 Å². The second kappa shape index (κ2) is 7.01. The summed E-state index contributed by atoms with van der Waals surface area (Å²) in [5.41, 5.74) is 1.91. The Morgan fingerprint density at radius 1 is 1.32 bits per heavy atom. The van der Waals surface area contributed by atoms with Crippen molar-refractivity contribution in [2.24, 2.45) is 0 Å². The highest BCUT2D eigenvalue weighted by atomic mass is 16.5. The van der Waals surface area contributed by atoms with Gasteiger partial charge in [-0.3, -0.25) is 4.79 Å². The fraction of sp³-hybridized carbons (Fsp3) is 0.222. The maximum atomic E-state index is 12.0. The Bertz CT molecular complexity index is 938. The van der Waals surface area contributed by atoms with Gasteiger partial charge in [0.1, 0.15) is 5.75 Å². The molecule has 2 heterocycles. The van der Waals surface area contributed by atoms with Gasteiger partial charge in [-0.15, -0.1) is 0 Å². The molecule has 0 unspecified atom stereocenters. The molecule has 0 aliphatic heterocycles. The number of hydrogen-bond donors (Lipinski definition) is 1. The summed E-state index contributed by atoms with van der Waals surface area (Å²) in [4.78, 5) is 16.4. The lowest BCUT2D eigenvalue weighted by molar-refractivity contribution is -0.118. The standard InChI is InChI=1S/C18H17N5O2/c1-12(2)23-18-14(9-21-23)7-15(10-20-18)22-17(24)11-25-16-5-3-13(8-19)4-6-16/h3-7,9-10,12H,11H2,1-2H3,(H,22,24). The number of rotatable bonds is 5. The molecule has 0 atom stereocenters. The van der Waals surface area contributed by atoms with Gasteiger partial charge in [-0.05, 0) is 44.2 Å². The molecule has 0 aliphatic rings. The van der Waals surface area contributed by atoms with Gasteiger partial charge in [0.05, 0.1) is 29.7 Å². The molecule has 25 heavy (non-hydrogen) atoms. The summed E-state index contributed by atoms with van der Waals surface area (Å²) in [6.45, 7) is 3.93. The van der Waals surface area contributed by atoms with Gasteiger partial charge in [-0.1, -0.05) is 0 Å². The first-order valence-corrected chi connectivity index (χ1v) is 7.83. The number of anilines is 1. The van der Waals surface area contributed by atoms with Crippen LogP contribution in [0.5, 0.6) is 5.75 Å². The lowest BCUT2D eigenvalue weighted by Gasteiger charge is -2.08. The van der Waals surface area contributed by atoms with Crippen molar-refractivity contribution in [3.8, 4) is 11.8 Å². The van der Waals surface area contributed by atoms with Crippen LogP contribution in [-0.2, 0) is 4.79 Å². The van der Waals surface area contributed by atoms with Crippen LogP contribution in [0.2, 0.25) is 0 Å². The number of hydrogen-bond acceptors (Lipinski definition) is 5. The van der Waals surface area contributed by atoms with Crippen LogP contribution in [0.3, 0.4) is 0 Å². The first kappa shape index (κ1) is 16.5. The zero-order chi connectivity index (χ0) is 17.8. The number of fused-ring (bicyclic) bond motifs is 1. The van der Waals surface area contributed by atoms with E-state index in [0.717, 1.165) is 11.0 Å². The molecule has 3 rings (SSSR count). The van der Waals surface area contributed by atoms with Crippen molar-refractivity contribution in [2.45, 2.75) is 19.9 Å². The molecule has 1 aromatic carbocycles. The molecule has 7 nitrogen and oxygen atoms in total. The smallest absolute Gasteiger partial charge is 0.262 e. The van der Waals surface area contributed by atoms with E-state index in [-0.39, 0.29) is 18.6 Å². The van der Waals surface area contributed by atoms with Crippen LogP contribution in [-0.4, -0.2) is 27.3 Å². The van der Waals surface area contributed by atoms with Crippen molar-refractivity contribution in [2.75, 3.05) is 11.9 Å². The third-order valence-corrected chi connectivity index (χ3v) is 3.56. The minimum atomic E-state index is -0.290. The number of benzene rings is 1. The minimum absolute atomic E-state index is 0.130. The zero-order valence-corrected chi connectivity index (χ0v) is 13.9. The summed E-state index contributed by atoms with van der Waals surface area (Å²) in [6, 6.07) is 10.6. The van der Waals surface area contributed by atoms with Gasteiger partial charge in [0.2, 0.25) is 0 Å². The fourth-order valence-corrected chi connectivity index (χ4v) is 2.36. The van der Waals surface area contributed by atoms with Crippen molar-refractivity contribution >= 4 is 22.6 Å². The van der Waals surface area contributed by atoms with Crippen LogP contribution in [0.1, 0.15) is 25.5 Å². The van der Waals surface area contributed by atoms with E-state index < -0.39 is 0 Å². The Kier molecular flexibility index (Phi) is 4.61. The summed E-state index contributed by atoms with van der Waals surface area (Å²) in [7, 11) is 0. The monoisotopic (exact) mass is 335 g/mol. The molecule has 0 spiro atoms. The zero-order valence-electron chi connectivity index (χ0n) is 13.9. The van der Waals surface area contributed by atoms with Crippen LogP contribution < -0.4 is 10.1 Å². The Labute approximate surface area is 144 Å². The molecule has 0 bridgehead atoms. The molecule has 0 radical (unpaired) electrons. The van der Waals surface area contributed by atoms with Crippen molar-refractivity contribution in [3.05, 3.63) is 48.3 Å². The Morgan fingerprint density at radius 3 is 2.76 bits per heavy atom. The van der Waals surface area contributed by atoms with E-state index >= 15 is 0 Å². The second-order valence-electron chi connectivity index (χ2n) is 5.79.